The number of hydrogen-bond acceptors (Lipinski definition) is 9. The van der Waals surface area contributed by atoms with Crippen molar-refractivity contribution >= 4 is 34.1 Å². The van der Waals surface area contributed by atoms with Gasteiger partial charge in [-0.2, -0.15) is 5.17 Å². The van der Waals surface area contributed by atoms with E-state index in [-0.39, 0.29) is 0 Å². The molecule has 0 saturated heterocycles. The normalized spacial score (nSPS) is 16.6. The summed E-state index contributed by atoms with van der Waals surface area (Å²) in [4.78, 5) is 19.6. The molecule has 0 fully saturated rings. The molecule has 0 bridgehead atoms. The zero-order chi connectivity index (χ0) is 13.6. The van der Waals surface area contributed by atoms with Crippen LogP contribution < -0.4 is 16.6 Å². The number of rotatable bonds is 2. The fourth-order valence-corrected chi connectivity index (χ4v) is 1.59. The zero-order valence-electron chi connectivity index (χ0n) is 8.48. The molecule has 1 aromatic rings. The van der Waals surface area contributed by atoms with Crippen molar-refractivity contribution in [1.82, 2.24) is 0 Å². The van der Waals surface area contributed by atoms with Crippen LogP contribution in [-0.4, -0.2) is 9.85 Å². The van der Waals surface area contributed by atoms with Gasteiger partial charge < -0.3 is 16.7 Å². The number of nitro benzene ring substituents is 2. The maximum Gasteiger partial charge on any atom is 0.333 e. The predicted octanol–water partition coefficient (Wildman–Crippen LogP) is -0.306. The summed E-state index contributed by atoms with van der Waals surface area (Å²) >= 11 is 0. The molecular formula is C6H5N7O5. The number of nitro groups is 2. The lowest BCUT2D eigenvalue weighted by molar-refractivity contribution is -0.783. The van der Waals surface area contributed by atoms with E-state index in [0.29, 0.717) is 0 Å². The largest absolute Gasteiger partial charge is 0.600 e. The first-order valence-corrected chi connectivity index (χ1v) is 4.36. The molecule has 5 N–H and O–H groups in total. The molecule has 1 heterocycles. The number of anilines is 2. The van der Waals surface area contributed by atoms with Gasteiger partial charge in [0.15, 0.2) is 11.4 Å². The molecule has 0 aromatic heterocycles. The van der Waals surface area contributed by atoms with Gasteiger partial charge in [0.25, 0.3) is 0 Å². The first-order valence-electron chi connectivity index (χ1n) is 4.36. The Balaban J connectivity index is 2.92. The van der Waals surface area contributed by atoms with Crippen LogP contribution in [0.2, 0.25) is 0 Å². The third kappa shape index (κ3) is 1.33. The summed E-state index contributed by atoms with van der Waals surface area (Å²) in [7, 11) is 0. The molecule has 94 valence electrons. The Morgan fingerprint density at radius 2 is 1.61 bits per heavy atom. The second-order valence-electron chi connectivity index (χ2n) is 3.27. The Kier molecular flexibility index (Phi) is 2.31. The Morgan fingerprint density at radius 3 is 2.11 bits per heavy atom. The minimum Gasteiger partial charge on any atom is -0.600 e. The number of nitrogens with two attached hydrogens (primary N) is 2. The zero-order valence-corrected chi connectivity index (χ0v) is 8.48. The summed E-state index contributed by atoms with van der Waals surface area (Å²) in [5.41, 5.74) is 6.75. The Hall–Kier alpha value is -2.86. The van der Waals surface area contributed by atoms with Crippen molar-refractivity contribution in [2.45, 2.75) is 0 Å². The number of quaternary nitrogens is 1. The molecule has 0 radical (unpaired) electrons. The maximum absolute atomic E-state index is 11.3. The van der Waals surface area contributed by atoms with Crippen LogP contribution in [0.3, 0.4) is 0 Å². The molecule has 0 saturated carbocycles. The van der Waals surface area contributed by atoms with E-state index in [1.807, 2.05) is 0 Å². The predicted molar refractivity (Wildman–Crippen MR) is 57.1 cm³/mol. The van der Waals surface area contributed by atoms with E-state index in [9.17, 15) is 25.4 Å². The number of benzene rings is 1. The number of fused-ring (bicyclic) bond motifs is 1. The molecule has 1 unspecified atom stereocenters. The van der Waals surface area contributed by atoms with Crippen molar-refractivity contribution in [2.24, 2.45) is 10.3 Å². The fraction of sp³-hybridized carbons (Fsp3) is 0. The highest BCUT2D eigenvalue weighted by atomic mass is 16.6. The third-order valence-electron chi connectivity index (χ3n) is 2.32. The van der Waals surface area contributed by atoms with Crippen molar-refractivity contribution in [3.63, 3.8) is 0 Å². The molecule has 2 rings (SSSR count). The molecule has 0 spiro atoms. The smallest absolute Gasteiger partial charge is 0.333 e. The molecule has 12 heteroatoms. The highest BCUT2D eigenvalue weighted by Crippen LogP contribution is 2.50. The first-order chi connectivity index (χ1) is 8.36. The molecule has 1 aromatic carbocycles. The van der Waals surface area contributed by atoms with Gasteiger partial charge in [-0.25, -0.2) is 0 Å². The van der Waals surface area contributed by atoms with Crippen molar-refractivity contribution in [3.05, 3.63) is 25.4 Å². The lowest BCUT2D eigenvalue weighted by Crippen LogP contribution is -2.95. The number of nitrogens with one attached hydrogen (secondary N) is 1. The lowest BCUT2D eigenvalue weighted by Gasteiger charge is -2.11. The highest BCUT2D eigenvalue weighted by molar-refractivity contribution is 5.96. The molecule has 1 atom stereocenters. The van der Waals surface area contributed by atoms with Gasteiger partial charge in [-0.1, -0.05) is 5.11 Å². The van der Waals surface area contributed by atoms with E-state index in [1.54, 1.807) is 0 Å². The van der Waals surface area contributed by atoms with Gasteiger partial charge in [-0.15, -0.1) is 0 Å². The van der Waals surface area contributed by atoms with Crippen LogP contribution in [0.25, 0.3) is 0 Å². The van der Waals surface area contributed by atoms with Crippen molar-refractivity contribution < 1.29 is 15.0 Å². The first kappa shape index (κ1) is 11.6. The molecule has 0 amide bonds. The van der Waals surface area contributed by atoms with Crippen LogP contribution in [0.5, 0.6) is 0 Å². The Bertz CT molecular complexity index is 611. The molecular weight excluding hydrogens is 250 g/mol. The summed E-state index contributed by atoms with van der Waals surface area (Å²) in [5.74, 6) is 0. The van der Waals surface area contributed by atoms with Gasteiger partial charge in [-0.05, 0) is 0 Å². The van der Waals surface area contributed by atoms with Crippen molar-refractivity contribution in [3.8, 4) is 0 Å². The summed E-state index contributed by atoms with van der Waals surface area (Å²) in [6, 6.07) is 0. The van der Waals surface area contributed by atoms with Crippen molar-refractivity contribution in [1.29, 1.82) is 0 Å². The van der Waals surface area contributed by atoms with Crippen LogP contribution in [-0.2, 0) is 0 Å². The van der Waals surface area contributed by atoms with Gasteiger partial charge in [0.2, 0.25) is 11.4 Å². The second-order valence-corrected chi connectivity index (χ2v) is 3.27. The van der Waals surface area contributed by atoms with Gasteiger partial charge in [-0.3, -0.25) is 20.2 Å². The average Bonchev–Trinajstić information content (AvgIpc) is 2.59. The number of nitrogen functional groups attached to an aromatic ring is 2. The van der Waals surface area contributed by atoms with Gasteiger partial charge in [0, 0.05) is 5.22 Å². The number of nitrogens with zero attached hydrogens (tertiary/aromatic N) is 4. The van der Waals surface area contributed by atoms with Gasteiger partial charge in [0.05, 0.1) is 9.85 Å². The van der Waals surface area contributed by atoms with E-state index in [0.717, 1.165) is 0 Å². The van der Waals surface area contributed by atoms with E-state index >= 15 is 0 Å². The minimum absolute atomic E-state index is 0.453. The minimum atomic E-state index is -0.996. The van der Waals surface area contributed by atoms with Crippen molar-refractivity contribution in [2.75, 3.05) is 11.5 Å². The Morgan fingerprint density at radius 1 is 1.06 bits per heavy atom. The van der Waals surface area contributed by atoms with E-state index in [2.05, 4.69) is 10.3 Å². The quantitative estimate of drug-likeness (QED) is 0.279. The monoisotopic (exact) mass is 255 g/mol. The summed E-state index contributed by atoms with van der Waals surface area (Å²) < 4.78 is 0. The van der Waals surface area contributed by atoms with Crippen LogP contribution >= 0.6 is 0 Å². The molecule has 1 aliphatic rings. The van der Waals surface area contributed by atoms with Crippen LogP contribution in [0.15, 0.2) is 10.3 Å². The SMILES string of the molecule is Nc1c([N+](=O)[O-])c(N)c2c(c1[N+](=O)[O-])N=N[NH+]2[O-]. The molecule has 1 aliphatic heterocycles. The number of hydrogen-bond donors (Lipinski definition) is 3. The summed E-state index contributed by atoms with van der Waals surface area (Å²) in [5, 5.41) is 38.3. The second kappa shape index (κ2) is 3.57. The summed E-state index contributed by atoms with van der Waals surface area (Å²) in [6.45, 7) is 0. The fourth-order valence-electron chi connectivity index (χ4n) is 1.59. The van der Waals surface area contributed by atoms with E-state index in [1.165, 1.54) is 0 Å². The maximum atomic E-state index is 11.3. The molecule has 18 heavy (non-hydrogen) atoms. The van der Waals surface area contributed by atoms with Gasteiger partial charge >= 0.3 is 11.4 Å². The Labute approximate surface area is 97.3 Å². The van der Waals surface area contributed by atoms with Crippen LogP contribution in [0, 0.1) is 25.4 Å². The topological polar surface area (TPSA) is 191 Å². The van der Waals surface area contributed by atoms with Crippen LogP contribution in [0.4, 0.5) is 34.1 Å². The third-order valence-corrected chi connectivity index (χ3v) is 2.32. The van der Waals surface area contributed by atoms with Crippen LogP contribution in [0.1, 0.15) is 0 Å². The van der Waals surface area contributed by atoms with E-state index < -0.39 is 49.1 Å². The average molecular weight is 255 g/mol. The standard InChI is InChI=1S/C6H5N7O5/c7-1-4(12(15)16)2(8)6(13(17)18)3-5(1)11(14)10-9-3/h11H,7-8H2. The van der Waals surface area contributed by atoms with Gasteiger partial charge in [0.1, 0.15) is 0 Å². The van der Waals surface area contributed by atoms with E-state index in [4.69, 9.17) is 11.5 Å². The highest BCUT2D eigenvalue weighted by Gasteiger charge is 2.40. The summed E-state index contributed by atoms with van der Waals surface area (Å²) in [6.07, 6.45) is 0. The lowest BCUT2D eigenvalue weighted by atomic mass is 10.1. The molecule has 0 aliphatic carbocycles. The molecule has 12 nitrogen and oxygen atoms in total.